The van der Waals surface area contributed by atoms with Crippen LogP contribution < -0.4 is 0 Å². The van der Waals surface area contributed by atoms with E-state index in [0.29, 0.717) is 49.3 Å². The van der Waals surface area contributed by atoms with Gasteiger partial charge in [-0.1, -0.05) is 37.5 Å². The molecule has 0 amide bonds. The Morgan fingerprint density at radius 2 is 1.79 bits per heavy atom. The molecule has 0 N–H and O–H groups in total. The summed E-state index contributed by atoms with van der Waals surface area (Å²) < 4.78 is 51.3. The molecule has 2 heterocycles. The number of hydrogen-bond acceptors (Lipinski definition) is 4. The predicted molar refractivity (Wildman–Crippen MR) is 96.9 cm³/mol. The fourth-order valence-corrected chi connectivity index (χ4v) is 4.51. The number of nitrogens with zero attached hydrogens (tertiary/aromatic N) is 2. The standard InChI is InChI=1S/C21H25F3N2O2/c22-21(23,24)17-8-4-7-16(14-17)20(9-11-27-12-10-20)19-26-25-18(28-19)13-15-5-2-1-3-6-15/h4,7-8,14-15H,1-3,5-6,9-13H2. The summed E-state index contributed by atoms with van der Waals surface area (Å²) in [6.07, 6.45) is 3.51. The Labute approximate surface area is 162 Å². The van der Waals surface area contributed by atoms with Crippen LogP contribution in [0, 0.1) is 5.92 Å². The lowest BCUT2D eigenvalue weighted by molar-refractivity contribution is -0.137. The highest BCUT2D eigenvalue weighted by Gasteiger charge is 2.43. The molecule has 0 atom stereocenters. The second kappa shape index (κ2) is 7.85. The van der Waals surface area contributed by atoms with Crippen LogP contribution in [0.2, 0.25) is 0 Å². The van der Waals surface area contributed by atoms with Crippen molar-refractivity contribution in [2.45, 2.75) is 63.0 Å². The number of hydrogen-bond donors (Lipinski definition) is 0. The molecule has 0 bridgehead atoms. The number of alkyl halides is 3. The third-order valence-corrected chi connectivity index (χ3v) is 6.15. The van der Waals surface area contributed by atoms with Gasteiger partial charge in [-0.25, -0.2) is 0 Å². The van der Waals surface area contributed by atoms with Crippen molar-refractivity contribution in [2.24, 2.45) is 5.92 Å². The molecule has 1 aromatic carbocycles. The lowest BCUT2D eigenvalue weighted by atomic mass is 9.73. The lowest BCUT2D eigenvalue weighted by Gasteiger charge is -2.34. The molecule has 7 heteroatoms. The molecule has 4 rings (SSSR count). The molecular formula is C21H25F3N2O2. The Balaban J connectivity index is 1.65. The first kappa shape index (κ1) is 19.4. The van der Waals surface area contributed by atoms with Gasteiger partial charge in [0, 0.05) is 19.6 Å². The topological polar surface area (TPSA) is 48.2 Å². The van der Waals surface area contributed by atoms with E-state index < -0.39 is 17.2 Å². The van der Waals surface area contributed by atoms with Crippen molar-refractivity contribution in [1.82, 2.24) is 10.2 Å². The van der Waals surface area contributed by atoms with Crippen LogP contribution in [0.1, 0.15) is 67.9 Å². The van der Waals surface area contributed by atoms with Crippen molar-refractivity contribution in [3.8, 4) is 0 Å². The molecule has 4 nitrogen and oxygen atoms in total. The minimum absolute atomic E-state index is 0.418. The normalized spacial score (nSPS) is 21.0. The van der Waals surface area contributed by atoms with Gasteiger partial charge in [-0.3, -0.25) is 0 Å². The van der Waals surface area contributed by atoms with Crippen LogP contribution in [-0.4, -0.2) is 23.4 Å². The first-order chi connectivity index (χ1) is 13.5. The van der Waals surface area contributed by atoms with Crippen molar-refractivity contribution >= 4 is 0 Å². The zero-order valence-corrected chi connectivity index (χ0v) is 15.8. The number of aromatic nitrogens is 2. The second-order valence-corrected chi connectivity index (χ2v) is 7.98. The van der Waals surface area contributed by atoms with E-state index in [1.165, 1.54) is 44.2 Å². The van der Waals surface area contributed by atoms with Crippen LogP contribution in [0.4, 0.5) is 13.2 Å². The molecule has 0 unspecified atom stereocenters. The molecule has 1 aliphatic carbocycles. The third kappa shape index (κ3) is 3.95. The molecule has 2 fully saturated rings. The van der Waals surface area contributed by atoms with E-state index in [-0.39, 0.29) is 0 Å². The third-order valence-electron chi connectivity index (χ3n) is 6.15. The van der Waals surface area contributed by atoms with E-state index >= 15 is 0 Å². The Kier molecular flexibility index (Phi) is 5.45. The average molecular weight is 394 g/mol. The molecule has 152 valence electrons. The molecule has 0 spiro atoms. The van der Waals surface area contributed by atoms with Gasteiger partial charge in [0.1, 0.15) is 0 Å². The van der Waals surface area contributed by atoms with Gasteiger partial charge in [0.15, 0.2) is 0 Å². The Hall–Kier alpha value is -1.89. The summed E-state index contributed by atoms with van der Waals surface area (Å²) in [4.78, 5) is 0. The van der Waals surface area contributed by atoms with Crippen LogP contribution >= 0.6 is 0 Å². The van der Waals surface area contributed by atoms with Crippen LogP contribution in [-0.2, 0) is 22.7 Å². The van der Waals surface area contributed by atoms with Crippen molar-refractivity contribution in [3.63, 3.8) is 0 Å². The van der Waals surface area contributed by atoms with Gasteiger partial charge in [0.2, 0.25) is 11.8 Å². The van der Waals surface area contributed by atoms with Gasteiger partial charge in [-0.15, -0.1) is 10.2 Å². The minimum Gasteiger partial charge on any atom is -0.424 e. The minimum atomic E-state index is -4.39. The molecule has 1 saturated carbocycles. The Bertz CT molecular complexity index is 791. The molecule has 0 radical (unpaired) electrons. The SMILES string of the molecule is FC(F)(F)c1cccc(C2(c3nnc(CC4CCCCC4)o3)CCOCC2)c1. The summed E-state index contributed by atoms with van der Waals surface area (Å²) in [5, 5.41) is 8.54. The maximum Gasteiger partial charge on any atom is 0.416 e. The molecule has 2 aliphatic rings. The summed E-state index contributed by atoms with van der Waals surface area (Å²) in [6.45, 7) is 0.910. The molecule has 1 aliphatic heterocycles. The number of rotatable bonds is 4. The monoisotopic (exact) mass is 394 g/mol. The smallest absolute Gasteiger partial charge is 0.416 e. The summed E-state index contributed by atoms with van der Waals surface area (Å²) >= 11 is 0. The maximum atomic E-state index is 13.3. The molecule has 2 aromatic rings. The predicted octanol–water partition coefficient (Wildman–Crippen LogP) is 5.31. The number of benzene rings is 1. The fraction of sp³-hybridized carbons (Fsp3) is 0.619. The van der Waals surface area contributed by atoms with E-state index in [2.05, 4.69) is 10.2 Å². The van der Waals surface area contributed by atoms with Gasteiger partial charge < -0.3 is 9.15 Å². The van der Waals surface area contributed by atoms with E-state index in [4.69, 9.17) is 9.15 Å². The molecule has 1 saturated heterocycles. The zero-order valence-electron chi connectivity index (χ0n) is 15.8. The van der Waals surface area contributed by atoms with Crippen molar-refractivity contribution in [3.05, 3.63) is 47.2 Å². The van der Waals surface area contributed by atoms with Crippen LogP contribution in [0.15, 0.2) is 28.7 Å². The fourth-order valence-electron chi connectivity index (χ4n) is 4.51. The summed E-state index contributed by atoms with van der Waals surface area (Å²) in [6, 6.07) is 5.50. The van der Waals surface area contributed by atoms with Gasteiger partial charge in [0.25, 0.3) is 0 Å². The zero-order chi connectivity index (χ0) is 19.6. The average Bonchev–Trinajstić information content (AvgIpc) is 3.18. The summed E-state index contributed by atoms with van der Waals surface area (Å²) in [5.74, 6) is 1.57. The van der Waals surface area contributed by atoms with Crippen LogP contribution in [0.25, 0.3) is 0 Å². The summed E-state index contributed by atoms with van der Waals surface area (Å²) in [5.41, 5.74) is -0.812. The Morgan fingerprint density at radius 3 is 2.50 bits per heavy atom. The van der Waals surface area contributed by atoms with E-state index in [0.717, 1.165) is 12.5 Å². The van der Waals surface area contributed by atoms with E-state index in [1.54, 1.807) is 6.07 Å². The molecular weight excluding hydrogens is 369 g/mol. The largest absolute Gasteiger partial charge is 0.424 e. The summed E-state index contributed by atoms with van der Waals surface area (Å²) in [7, 11) is 0. The highest BCUT2D eigenvalue weighted by Crippen LogP contribution is 2.42. The van der Waals surface area contributed by atoms with E-state index in [9.17, 15) is 13.2 Å². The number of ether oxygens (including phenoxy) is 1. The van der Waals surface area contributed by atoms with Gasteiger partial charge in [0.05, 0.1) is 11.0 Å². The molecule has 1 aromatic heterocycles. The van der Waals surface area contributed by atoms with Crippen molar-refractivity contribution < 1.29 is 22.3 Å². The van der Waals surface area contributed by atoms with Gasteiger partial charge in [-0.05, 0) is 43.2 Å². The maximum absolute atomic E-state index is 13.3. The van der Waals surface area contributed by atoms with Crippen molar-refractivity contribution in [2.75, 3.05) is 13.2 Å². The molecule has 28 heavy (non-hydrogen) atoms. The number of halogens is 3. The van der Waals surface area contributed by atoms with Gasteiger partial charge >= 0.3 is 6.18 Å². The first-order valence-corrected chi connectivity index (χ1v) is 10.1. The second-order valence-electron chi connectivity index (χ2n) is 7.98. The van der Waals surface area contributed by atoms with E-state index in [1.807, 2.05) is 0 Å². The highest BCUT2D eigenvalue weighted by atomic mass is 19.4. The highest BCUT2D eigenvalue weighted by molar-refractivity contribution is 5.36. The van der Waals surface area contributed by atoms with Gasteiger partial charge in [-0.2, -0.15) is 13.2 Å². The van der Waals surface area contributed by atoms with Crippen LogP contribution in [0.3, 0.4) is 0 Å². The first-order valence-electron chi connectivity index (χ1n) is 10.1. The quantitative estimate of drug-likeness (QED) is 0.705. The lowest BCUT2D eigenvalue weighted by Crippen LogP contribution is -2.35. The van der Waals surface area contributed by atoms with Crippen LogP contribution in [0.5, 0.6) is 0 Å². The van der Waals surface area contributed by atoms with Crippen molar-refractivity contribution in [1.29, 1.82) is 0 Å². The Morgan fingerprint density at radius 1 is 1.04 bits per heavy atom.